The zero-order valence-electron chi connectivity index (χ0n) is 23.3. The molecular weight excluding hydrogens is 555 g/mol. The number of hydrogen-bond acceptors (Lipinski definition) is 8. The minimum Gasteiger partial charge on any atom is -0.423 e. The SMILES string of the molecule is C=CC(=O)Oc1ccc(C#Cc2c(OC(=O)C(=C)C)cc(-c3ccc(OC(=O)C=C)cc3)c(OC(=O)C(=C)C)c2F)cc1. The fraction of sp³-hybridized carbons (Fsp3) is 0.0588. The minimum atomic E-state index is -1.09. The van der Waals surface area contributed by atoms with Crippen molar-refractivity contribution in [1.29, 1.82) is 0 Å². The van der Waals surface area contributed by atoms with E-state index in [2.05, 4.69) is 38.2 Å². The zero-order valence-corrected chi connectivity index (χ0v) is 23.3. The van der Waals surface area contributed by atoms with Crippen molar-refractivity contribution in [1.82, 2.24) is 0 Å². The van der Waals surface area contributed by atoms with Crippen LogP contribution in [0, 0.1) is 17.7 Å². The van der Waals surface area contributed by atoms with Gasteiger partial charge in [-0.05, 0) is 61.9 Å². The molecule has 0 fully saturated rings. The molecule has 0 N–H and O–H groups in total. The van der Waals surface area contributed by atoms with Crippen molar-refractivity contribution in [3.05, 3.63) is 121 Å². The first-order chi connectivity index (χ1) is 20.4. The molecular formula is C34H25FO8. The first-order valence-electron chi connectivity index (χ1n) is 12.5. The number of rotatable bonds is 9. The van der Waals surface area contributed by atoms with Gasteiger partial charge in [-0.15, -0.1) is 0 Å². The summed E-state index contributed by atoms with van der Waals surface area (Å²) in [5.74, 6) is 0.846. The molecule has 0 spiro atoms. The Kier molecular flexibility index (Phi) is 10.3. The third-order valence-corrected chi connectivity index (χ3v) is 5.40. The third-order valence-electron chi connectivity index (χ3n) is 5.40. The fourth-order valence-corrected chi connectivity index (χ4v) is 3.25. The smallest absolute Gasteiger partial charge is 0.338 e. The molecule has 0 aliphatic carbocycles. The molecule has 3 aromatic rings. The average molecular weight is 581 g/mol. The van der Waals surface area contributed by atoms with Crippen molar-refractivity contribution in [2.75, 3.05) is 0 Å². The molecule has 43 heavy (non-hydrogen) atoms. The van der Waals surface area contributed by atoms with Crippen molar-refractivity contribution in [2.45, 2.75) is 13.8 Å². The molecule has 3 rings (SSSR count). The summed E-state index contributed by atoms with van der Waals surface area (Å²) in [5.41, 5.74) is 0.387. The Bertz CT molecular complexity index is 1720. The molecule has 0 amide bonds. The second-order valence-corrected chi connectivity index (χ2v) is 8.83. The van der Waals surface area contributed by atoms with Crippen molar-refractivity contribution < 1.29 is 42.5 Å². The number of benzene rings is 3. The van der Waals surface area contributed by atoms with Gasteiger partial charge in [0.15, 0.2) is 17.3 Å². The standard InChI is InChI=1S/C34H25FO8/c1-7-29(36)40-24-14-9-22(10-15-24)11-18-26-28(42-33(38)20(3)4)19-27(32(31(26)35)43-34(39)21(5)6)23-12-16-25(17-13-23)41-30(37)8-2/h7-10,12-17,19H,1-3,5H2,4,6H3. The van der Waals surface area contributed by atoms with Gasteiger partial charge in [0.25, 0.3) is 0 Å². The first kappa shape index (κ1) is 31.5. The molecule has 3 aromatic carbocycles. The number of carbonyl (C=O) groups is 4. The van der Waals surface area contributed by atoms with Crippen molar-refractivity contribution in [3.8, 4) is 46.0 Å². The van der Waals surface area contributed by atoms with Crippen molar-refractivity contribution >= 4 is 23.9 Å². The second-order valence-electron chi connectivity index (χ2n) is 8.83. The highest BCUT2D eigenvalue weighted by atomic mass is 19.1. The molecule has 0 saturated carbocycles. The lowest BCUT2D eigenvalue weighted by atomic mass is 10.00. The van der Waals surface area contributed by atoms with Gasteiger partial charge in [-0.3, -0.25) is 0 Å². The van der Waals surface area contributed by atoms with E-state index in [-0.39, 0.29) is 39.5 Å². The lowest BCUT2D eigenvalue weighted by molar-refractivity contribution is -0.131. The van der Waals surface area contributed by atoms with Crippen LogP contribution in [0.4, 0.5) is 4.39 Å². The minimum absolute atomic E-state index is 0.000277. The van der Waals surface area contributed by atoms with E-state index in [1.807, 2.05) is 0 Å². The topological polar surface area (TPSA) is 105 Å². The normalized spacial score (nSPS) is 9.84. The summed E-state index contributed by atoms with van der Waals surface area (Å²) in [6.45, 7) is 16.6. The van der Waals surface area contributed by atoms with E-state index in [1.165, 1.54) is 68.4 Å². The Morgan fingerprint density at radius 1 is 0.721 bits per heavy atom. The highest BCUT2D eigenvalue weighted by Gasteiger charge is 2.25. The van der Waals surface area contributed by atoms with Crippen LogP contribution in [0.15, 0.2) is 104 Å². The maximum Gasteiger partial charge on any atom is 0.338 e. The summed E-state index contributed by atoms with van der Waals surface area (Å²) < 4.78 is 37.1. The van der Waals surface area contributed by atoms with Crippen LogP contribution < -0.4 is 18.9 Å². The molecule has 0 heterocycles. The first-order valence-corrected chi connectivity index (χ1v) is 12.5. The predicted molar refractivity (Wildman–Crippen MR) is 157 cm³/mol. The molecule has 0 radical (unpaired) electrons. The Morgan fingerprint density at radius 2 is 1.21 bits per heavy atom. The van der Waals surface area contributed by atoms with Crippen LogP contribution >= 0.6 is 0 Å². The molecule has 8 nitrogen and oxygen atoms in total. The van der Waals surface area contributed by atoms with Crippen LogP contribution in [-0.2, 0) is 19.2 Å². The highest BCUT2D eigenvalue weighted by Crippen LogP contribution is 2.40. The summed E-state index contributed by atoms with van der Waals surface area (Å²) in [6, 6.07) is 13.1. The van der Waals surface area contributed by atoms with Crippen LogP contribution in [0.25, 0.3) is 11.1 Å². The van der Waals surface area contributed by atoms with Crippen LogP contribution in [0.3, 0.4) is 0 Å². The predicted octanol–water partition coefficient (Wildman–Crippen LogP) is 6.04. The Morgan fingerprint density at radius 3 is 1.70 bits per heavy atom. The van der Waals surface area contributed by atoms with E-state index in [0.717, 1.165) is 12.2 Å². The van der Waals surface area contributed by atoms with E-state index in [1.54, 1.807) is 0 Å². The van der Waals surface area contributed by atoms with Crippen LogP contribution in [0.2, 0.25) is 0 Å². The lowest BCUT2D eigenvalue weighted by Gasteiger charge is -2.16. The number of ether oxygens (including phenoxy) is 4. The number of halogens is 1. The monoisotopic (exact) mass is 580 g/mol. The Labute approximate surface area is 247 Å². The molecule has 0 aliphatic rings. The molecule has 0 aliphatic heterocycles. The second kappa shape index (κ2) is 14.1. The molecule has 9 heteroatoms. The molecule has 0 atom stereocenters. The van der Waals surface area contributed by atoms with Gasteiger partial charge in [-0.25, -0.2) is 23.6 Å². The van der Waals surface area contributed by atoms with E-state index in [9.17, 15) is 19.2 Å². The number of carbonyl (C=O) groups excluding carboxylic acids is 4. The Hall–Kier alpha value is -6.01. The molecule has 216 valence electrons. The van der Waals surface area contributed by atoms with Crippen LogP contribution in [-0.4, -0.2) is 23.9 Å². The van der Waals surface area contributed by atoms with Crippen molar-refractivity contribution in [3.63, 3.8) is 0 Å². The molecule has 0 saturated heterocycles. The van der Waals surface area contributed by atoms with Gasteiger partial charge in [0.05, 0.1) is 0 Å². The van der Waals surface area contributed by atoms with Gasteiger partial charge in [0.2, 0.25) is 0 Å². The van der Waals surface area contributed by atoms with Crippen molar-refractivity contribution in [2.24, 2.45) is 0 Å². The number of hydrogen-bond donors (Lipinski definition) is 0. The van der Waals surface area contributed by atoms with Crippen LogP contribution in [0.1, 0.15) is 25.0 Å². The third kappa shape index (κ3) is 8.25. The largest absolute Gasteiger partial charge is 0.423 e. The highest BCUT2D eigenvalue weighted by molar-refractivity contribution is 5.92. The summed E-state index contributed by atoms with van der Waals surface area (Å²) in [6.07, 6.45) is 2.00. The van der Waals surface area contributed by atoms with E-state index in [4.69, 9.17) is 18.9 Å². The summed E-state index contributed by atoms with van der Waals surface area (Å²) in [7, 11) is 0. The maximum atomic E-state index is 16.2. The maximum absolute atomic E-state index is 16.2. The van der Waals surface area contributed by atoms with Crippen LogP contribution in [0.5, 0.6) is 23.0 Å². The molecule has 0 bridgehead atoms. The van der Waals surface area contributed by atoms with Gasteiger partial charge in [-0.2, -0.15) is 0 Å². The van der Waals surface area contributed by atoms with E-state index >= 15 is 4.39 Å². The fourth-order valence-electron chi connectivity index (χ4n) is 3.25. The van der Waals surface area contributed by atoms with E-state index in [0.29, 0.717) is 11.1 Å². The Balaban J connectivity index is 2.19. The zero-order chi connectivity index (χ0) is 31.7. The van der Waals surface area contributed by atoms with Gasteiger partial charge < -0.3 is 18.9 Å². The molecule has 0 aromatic heterocycles. The van der Waals surface area contributed by atoms with Gasteiger partial charge in [0, 0.05) is 34.4 Å². The number of esters is 4. The quantitative estimate of drug-likeness (QED) is 0.131. The summed E-state index contributed by atoms with van der Waals surface area (Å²) >= 11 is 0. The summed E-state index contributed by atoms with van der Waals surface area (Å²) in [4.78, 5) is 47.9. The van der Waals surface area contributed by atoms with Gasteiger partial charge in [-0.1, -0.05) is 50.3 Å². The lowest BCUT2D eigenvalue weighted by Crippen LogP contribution is -2.13. The summed E-state index contributed by atoms with van der Waals surface area (Å²) in [5, 5.41) is 0. The average Bonchev–Trinajstić information content (AvgIpc) is 2.98. The van der Waals surface area contributed by atoms with Gasteiger partial charge >= 0.3 is 23.9 Å². The van der Waals surface area contributed by atoms with E-state index < -0.39 is 35.4 Å². The van der Waals surface area contributed by atoms with Gasteiger partial charge in [0.1, 0.15) is 17.1 Å². The molecule has 0 unspecified atom stereocenters.